The van der Waals surface area contributed by atoms with Crippen molar-refractivity contribution < 1.29 is 9.53 Å². The number of carbonyl (C=O) groups is 1. The number of amides is 2. The minimum Gasteiger partial charge on any atom is -0.491 e. The molecule has 2 rings (SSSR count). The van der Waals surface area contributed by atoms with Crippen molar-refractivity contribution >= 4 is 23.5 Å². The molecule has 4 nitrogen and oxygen atoms in total. The van der Waals surface area contributed by atoms with Gasteiger partial charge in [-0.2, -0.15) is 0 Å². The van der Waals surface area contributed by atoms with Gasteiger partial charge in [0.1, 0.15) is 12.4 Å². The Morgan fingerprint density at radius 1 is 1.12 bits per heavy atom. The molecule has 1 unspecified atom stereocenters. The number of nitrogens with one attached hydrogen (secondary N) is 2. The molecule has 0 saturated heterocycles. The largest absolute Gasteiger partial charge is 0.491 e. The van der Waals surface area contributed by atoms with E-state index in [1.165, 1.54) is 0 Å². The zero-order valence-corrected chi connectivity index (χ0v) is 15.4. The van der Waals surface area contributed by atoms with E-state index < -0.39 is 0 Å². The summed E-state index contributed by atoms with van der Waals surface area (Å²) in [6, 6.07) is 13.4. The summed E-state index contributed by atoms with van der Waals surface area (Å²) in [5, 5.41) is 5.79. The summed E-state index contributed by atoms with van der Waals surface area (Å²) in [7, 11) is 0. The van der Waals surface area contributed by atoms with Crippen LogP contribution in [0.3, 0.4) is 0 Å². The van der Waals surface area contributed by atoms with Crippen molar-refractivity contribution in [3.8, 4) is 5.75 Å². The second kappa shape index (κ2) is 8.64. The van der Waals surface area contributed by atoms with Crippen molar-refractivity contribution in [2.45, 2.75) is 31.7 Å². The number of carbonyl (C=O) groups excluding carboxylic acids is 1. The zero-order chi connectivity index (χ0) is 17.5. The number of para-hydroxylation sites is 2. The molecule has 0 aliphatic rings. The van der Waals surface area contributed by atoms with Crippen LogP contribution in [-0.2, 0) is 0 Å². The third kappa shape index (κ3) is 4.93. The normalized spacial score (nSPS) is 11.7. The first-order chi connectivity index (χ1) is 11.5. The van der Waals surface area contributed by atoms with Crippen molar-refractivity contribution in [2.24, 2.45) is 0 Å². The molecule has 0 heterocycles. The molecule has 2 aromatic rings. The van der Waals surface area contributed by atoms with Gasteiger partial charge in [-0.3, -0.25) is 0 Å². The van der Waals surface area contributed by atoms with Crippen LogP contribution in [0.2, 0.25) is 0 Å². The van der Waals surface area contributed by atoms with Crippen LogP contribution in [0.4, 0.5) is 10.5 Å². The minimum absolute atomic E-state index is 0.106. The predicted octanol–water partition coefficient (Wildman–Crippen LogP) is 4.61. The Labute approximate surface area is 148 Å². The van der Waals surface area contributed by atoms with E-state index in [1.54, 1.807) is 11.8 Å². The average molecular weight is 344 g/mol. The topological polar surface area (TPSA) is 50.4 Å². The average Bonchev–Trinajstić information content (AvgIpc) is 2.54. The van der Waals surface area contributed by atoms with Crippen LogP contribution >= 0.6 is 11.8 Å². The zero-order valence-electron chi connectivity index (χ0n) is 14.6. The molecular formula is C19H24N2O2S. The van der Waals surface area contributed by atoms with Crippen LogP contribution in [0.15, 0.2) is 47.4 Å². The van der Waals surface area contributed by atoms with Gasteiger partial charge >= 0.3 is 6.03 Å². The first kappa shape index (κ1) is 18.2. The molecule has 0 aromatic heterocycles. The SMILES string of the molecule is CSc1ccccc1NC(=O)NC(C)COc1c(C)cccc1C. The third-order valence-electron chi connectivity index (χ3n) is 3.62. The van der Waals surface area contributed by atoms with E-state index in [9.17, 15) is 4.79 Å². The van der Waals surface area contributed by atoms with Gasteiger partial charge in [0.05, 0.1) is 11.7 Å². The molecule has 2 N–H and O–H groups in total. The molecule has 0 fully saturated rings. The maximum atomic E-state index is 12.1. The molecule has 2 amide bonds. The Hall–Kier alpha value is -2.14. The number of anilines is 1. The van der Waals surface area contributed by atoms with E-state index in [0.717, 1.165) is 27.5 Å². The van der Waals surface area contributed by atoms with Crippen molar-refractivity contribution in [1.29, 1.82) is 0 Å². The van der Waals surface area contributed by atoms with E-state index in [0.29, 0.717) is 6.61 Å². The van der Waals surface area contributed by atoms with E-state index >= 15 is 0 Å². The van der Waals surface area contributed by atoms with Gasteiger partial charge in [-0.05, 0) is 50.3 Å². The lowest BCUT2D eigenvalue weighted by Gasteiger charge is -2.18. The Morgan fingerprint density at radius 3 is 2.46 bits per heavy atom. The number of aryl methyl sites for hydroxylation is 2. The Kier molecular flexibility index (Phi) is 6.55. The summed E-state index contributed by atoms with van der Waals surface area (Å²) in [6.07, 6.45) is 1.99. The number of hydrogen-bond donors (Lipinski definition) is 2. The molecule has 24 heavy (non-hydrogen) atoms. The minimum atomic E-state index is -0.228. The lowest BCUT2D eigenvalue weighted by Crippen LogP contribution is -2.39. The fourth-order valence-corrected chi connectivity index (χ4v) is 2.96. The summed E-state index contributed by atoms with van der Waals surface area (Å²) in [5.41, 5.74) is 3.01. The second-order valence-electron chi connectivity index (χ2n) is 5.73. The molecule has 0 radical (unpaired) electrons. The quantitative estimate of drug-likeness (QED) is 0.752. The van der Waals surface area contributed by atoms with Gasteiger partial charge in [-0.1, -0.05) is 30.3 Å². The van der Waals surface area contributed by atoms with Gasteiger partial charge in [-0.25, -0.2) is 4.79 Å². The van der Waals surface area contributed by atoms with Gasteiger partial charge < -0.3 is 15.4 Å². The van der Waals surface area contributed by atoms with Crippen molar-refractivity contribution in [3.05, 3.63) is 53.6 Å². The fraction of sp³-hybridized carbons (Fsp3) is 0.316. The number of benzene rings is 2. The van der Waals surface area contributed by atoms with Crippen LogP contribution in [0.5, 0.6) is 5.75 Å². The highest BCUT2D eigenvalue weighted by molar-refractivity contribution is 7.98. The molecule has 0 aliphatic carbocycles. The number of urea groups is 1. The molecule has 0 spiro atoms. The summed E-state index contributed by atoms with van der Waals surface area (Å²) >= 11 is 1.60. The molecule has 1 atom stereocenters. The first-order valence-corrected chi connectivity index (χ1v) is 9.13. The van der Waals surface area contributed by atoms with Gasteiger partial charge in [0.15, 0.2) is 0 Å². The number of hydrogen-bond acceptors (Lipinski definition) is 3. The van der Waals surface area contributed by atoms with E-state index in [-0.39, 0.29) is 12.1 Å². The molecule has 2 aromatic carbocycles. The highest BCUT2D eigenvalue weighted by Crippen LogP contribution is 2.24. The summed E-state index contributed by atoms with van der Waals surface area (Å²) < 4.78 is 5.88. The second-order valence-corrected chi connectivity index (χ2v) is 6.58. The van der Waals surface area contributed by atoms with Gasteiger partial charge in [0.2, 0.25) is 0 Å². The van der Waals surface area contributed by atoms with Crippen LogP contribution in [0, 0.1) is 13.8 Å². The van der Waals surface area contributed by atoms with Gasteiger partial charge in [-0.15, -0.1) is 11.8 Å². The van der Waals surface area contributed by atoms with Gasteiger partial charge in [0, 0.05) is 4.90 Å². The Bertz CT molecular complexity index is 683. The molecule has 0 bridgehead atoms. The number of thioether (sulfide) groups is 1. The van der Waals surface area contributed by atoms with E-state index in [2.05, 4.69) is 10.6 Å². The summed E-state index contributed by atoms with van der Waals surface area (Å²) in [5.74, 6) is 0.888. The van der Waals surface area contributed by atoms with Crippen LogP contribution < -0.4 is 15.4 Å². The third-order valence-corrected chi connectivity index (χ3v) is 4.41. The van der Waals surface area contributed by atoms with Crippen LogP contribution in [0.25, 0.3) is 0 Å². The van der Waals surface area contributed by atoms with E-state index in [4.69, 9.17) is 4.74 Å². The molecule has 128 valence electrons. The Morgan fingerprint density at radius 2 is 1.79 bits per heavy atom. The highest BCUT2D eigenvalue weighted by Gasteiger charge is 2.11. The fourth-order valence-electron chi connectivity index (χ4n) is 2.41. The van der Waals surface area contributed by atoms with Crippen LogP contribution in [-0.4, -0.2) is 24.9 Å². The smallest absolute Gasteiger partial charge is 0.319 e. The number of ether oxygens (including phenoxy) is 1. The number of rotatable bonds is 6. The lowest BCUT2D eigenvalue weighted by molar-refractivity contribution is 0.236. The predicted molar refractivity (Wildman–Crippen MR) is 101 cm³/mol. The Balaban J connectivity index is 1.88. The maximum absolute atomic E-state index is 12.1. The van der Waals surface area contributed by atoms with Gasteiger partial charge in [0.25, 0.3) is 0 Å². The standard InChI is InChI=1S/C19H24N2O2S/c1-13-8-7-9-14(2)18(13)23-12-15(3)20-19(22)21-16-10-5-6-11-17(16)24-4/h5-11,15H,12H2,1-4H3,(H2,20,21,22). The van der Waals surface area contributed by atoms with Crippen molar-refractivity contribution in [2.75, 3.05) is 18.2 Å². The monoisotopic (exact) mass is 344 g/mol. The molecule has 0 aliphatic heterocycles. The maximum Gasteiger partial charge on any atom is 0.319 e. The van der Waals surface area contributed by atoms with Crippen molar-refractivity contribution in [3.63, 3.8) is 0 Å². The molecule has 0 saturated carbocycles. The van der Waals surface area contributed by atoms with Crippen LogP contribution in [0.1, 0.15) is 18.1 Å². The highest BCUT2D eigenvalue weighted by atomic mass is 32.2. The first-order valence-electron chi connectivity index (χ1n) is 7.90. The summed E-state index contributed by atoms with van der Waals surface area (Å²) in [4.78, 5) is 13.2. The summed E-state index contributed by atoms with van der Waals surface area (Å²) in [6.45, 7) is 6.38. The van der Waals surface area contributed by atoms with Crippen molar-refractivity contribution in [1.82, 2.24) is 5.32 Å². The molecular weight excluding hydrogens is 320 g/mol. The molecule has 5 heteroatoms. The van der Waals surface area contributed by atoms with E-state index in [1.807, 2.05) is 69.5 Å². The lowest BCUT2D eigenvalue weighted by atomic mass is 10.1.